The van der Waals surface area contributed by atoms with E-state index < -0.39 is 18.0 Å². The van der Waals surface area contributed by atoms with Crippen LogP contribution in [0.4, 0.5) is 0 Å². The Kier molecular flexibility index (Phi) is 8.25. The Bertz CT molecular complexity index is 1060. The number of methoxy groups -OCH3 is 1. The van der Waals surface area contributed by atoms with Gasteiger partial charge >= 0.3 is 5.97 Å². The predicted octanol–water partition coefficient (Wildman–Crippen LogP) is 4.93. The summed E-state index contributed by atoms with van der Waals surface area (Å²) in [5, 5.41) is 23.8. The molecule has 176 valence electrons. The molecule has 0 spiro atoms. The standard InChI is InChI=1S/C25H30N2O4S2/c1-31-18-5-6-22-20(15-18)19(8-10-26-22)23(28)7-4-17-9-11-27(16-21(17)25(29)30)12-14-33-24-3-2-13-32-24/h2-3,5-6,8,10,13,15,17,21,23,28H,4,7,9,11-12,14,16H2,1H3,(H,29,30). The van der Waals surface area contributed by atoms with Crippen LogP contribution in [-0.4, -0.2) is 58.6 Å². The van der Waals surface area contributed by atoms with Gasteiger partial charge in [0.25, 0.3) is 0 Å². The van der Waals surface area contributed by atoms with Gasteiger partial charge in [0.15, 0.2) is 0 Å². The van der Waals surface area contributed by atoms with Crippen LogP contribution in [-0.2, 0) is 4.79 Å². The number of carbonyl (C=O) groups is 1. The molecule has 4 rings (SSSR count). The first-order valence-electron chi connectivity index (χ1n) is 11.3. The highest BCUT2D eigenvalue weighted by molar-refractivity contribution is 8.01. The lowest BCUT2D eigenvalue weighted by atomic mass is 9.81. The first-order chi connectivity index (χ1) is 16.0. The van der Waals surface area contributed by atoms with E-state index in [1.165, 1.54) is 4.21 Å². The van der Waals surface area contributed by atoms with E-state index in [9.17, 15) is 15.0 Å². The number of thiophene rings is 1. The summed E-state index contributed by atoms with van der Waals surface area (Å²) in [6.07, 6.45) is 3.10. The van der Waals surface area contributed by atoms with Crippen LogP contribution in [0, 0.1) is 11.8 Å². The minimum atomic E-state index is -0.732. The van der Waals surface area contributed by atoms with Crippen molar-refractivity contribution in [2.24, 2.45) is 11.8 Å². The molecule has 3 unspecified atom stereocenters. The molecule has 0 aliphatic carbocycles. The van der Waals surface area contributed by atoms with Gasteiger partial charge in [-0.1, -0.05) is 6.07 Å². The fraction of sp³-hybridized carbons (Fsp3) is 0.440. The number of hydrogen-bond acceptors (Lipinski definition) is 7. The van der Waals surface area contributed by atoms with Crippen LogP contribution >= 0.6 is 23.1 Å². The first-order valence-corrected chi connectivity index (χ1v) is 13.1. The van der Waals surface area contributed by atoms with Crippen LogP contribution in [0.3, 0.4) is 0 Å². The quantitative estimate of drug-likeness (QED) is 0.393. The molecular weight excluding hydrogens is 456 g/mol. The van der Waals surface area contributed by atoms with Crippen molar-refractivity contribution < 1.29 is 19.7 Å². The summed E-state index contributed by atoms with van der Waals surface area (Å²) in [6, 6.07) is 11.7. The molecule has 3 heterocycles. The van der Waals surface area contributed by atoms with Crippen molar-refractivity contribution in [2.75, 3.05) is 32.5 Å². The first kappa shape index (κ1) is 24.0. The zero-order valence-electron chi connectivity index (χ0n) is 18.7. The van der Waals surface area contributed by atoms with Gasteiger partial charge in [-0.2, -0.15) is 0 Å². The SMILES string of the molecule is COc1ccc2nccc(C(O)CCC3CCN(CCSc4cccs4)CC3C(=O)O)c2c1. The highest BCUT2D eigenvalue weighted by atomic mass is 32.2. The number of piperidine rings is 1. The number of aliphatic carboxylic acids is 1. The number of nitrogens with zero attached hydrogens (tertiary/aromatic N) is 2. The van der Waals surface area contributed by atoms with E-state index in [-0.39, 0.29) is 5.92 Å². The molecule has 8 heteroatoms. The van der Waals surface area contributed by atoms with Gasteiger partial charge in [-0.05, 0) is 73.0 Å². The Labute approximate surface area is 202 Å². The van der Waals surface area contributed by atoms with E-state index in [0.717, 1.165) is 47.5 Å². The highest BCUT2D eigenvalue weighted by Crippen LogP contribution is 2.34. The number of aromatic nitrogens is 1. The number of thioether (sulfide) groups is 1. The second-order valence-electron chi connectivity index (χ2n) is 8.45. The van der Waals surface area contributed by atoms with Crippen LogP contribution in [0.25, 0.3) is 10.9 Å². The maximum atomic E-state index is 12.0. The number of aliphatic hydroxyl groups is 1. The average Bonchev–Trinajstić information content (AvgIpc) is 3.35. The summed E-state index contributed by atoms with van der Waals surface area (Å²) >= 11 is 3.57. The van der Waals surface area contributed by atoms with Crippen LogP contribution in [0.2, 0.25) is 0 Å². The molecule has 1 aliphatic heterocycles. The Morgan fingerprint density at radius 2 is 2.24 bits per heavy atom. The van der Waals surface area contributed by atoms with Crippen molar-refractivity contribution in [1.82, 2.24) is 9.88 Å². The van der Waals surface area contributed by atoms with Gasteiger partial charge in [0.1, 0.15) is 5.75 Å². The van der Waals surface area contributed by atoms with Gasteiger partial charge in [-0.15, -0.1) is 23.1 Å². The van der Waals surface area contributed by atoms with E-state index in [0.29, 0.717) is 19.4 Å². The third kappa shape index (κ3) is 6.06. The lowest BCUT2D eigenvalue weighted by Crippen LogP contribution is -2.44. The van der Waals surface area contributed by atoms with Gasteiger partial charge in [0.2, 0.25) is 0 Å². The summed E-state index contributed by atoms with van der Waals surface area (Å²) in [5.41, 5.74) is 1.62. The van der Waals surface area contributed by atoms with Crippen molar-refractivity contribution >= 4 is 40.0 Å². The smallest absolute Gasteiger partial charge is 0.308 e. The molecule has 0 radical (unpaired) electrons. The molecule has 6 nitrogen and oxygen atoms in total. The second kappa shape index (κ2) is 11.3. The molecular formula is C25H30N2O4S2. The third-order valence-corrected chi connectivity index (χ3v) is 8.57. The Morgan fingerprint density at radius 1 is 1.36 bits per heavy atom. The fourth-order valence-corrected chi connectivity index (χ4v) is 6.47. The molecule has 3 atom stereocenters. The molecule has 1 aliphatic rings. The van der Waals surface area contributed by atoms with Crippen molar-refractivity contribution in [3.63, 3.8) is 0 Å². The molecule has 0 bridgehead atoms. The minimum absolute atomic E-state index is 0.0704. The minimum Gasteiger partial charge on any atom is -0.497 e. The van der Waals surface area contributed by atoms with Crippen molar-refractivity contribution in [3.05, 3.63) is 53.5 Å². The third-order valence-electron chi connectivity index (χ3n) is 6.46. The second-order valence-corrected chi connectivity index (χ2v) is 10.8. The molecule has 2 aromatic heterocycles. The number of fused-ring (bicyclic) bond motifs is 1. The van der Waals surface area contributed by atoms with Gasteiger partial charge < -0.3 is 19.8 Å². The van der Waals surface area contributed by atoms with E-state index in [2.05, 4.69) is 27.4 Å². The van der Waals surface area contributed by atoms with Crippen LogP contribution < -0.4 is 4.74 Å². The lowest BCUT2D eigenvalue weighted by molar-refractivity contribution is -0.146. The Hall–Kier alpha value is -2.13. The van der Waals surface area contributed by atoms with Gasteiger partial charge in [0.05, 0.1) is 28.9 Å². The van der Waals surface area contributed by atoms with Gasteiger partial charge in [-0.25, -0.2) is 0 Å². The number of ether oxygens (including phenoxy) is 1. The molecule has 3 aromatic rings. The summed E-state index contributed by atoms with van der Waals surface area (Å²) < 4.78 is 6.63. The number of likely N-dealkylation sites (tertiary alicyclic amines) is 1. The van der Waals surface area contributed by atoms with Crippen molar-refractivity contribution in [2.45, 2.75) is 29.6 Å². The van der Waals surface area contributed by atoms with Crippen LogP contribution in [0.15, 0.2) is 52.2 Å². The molecule has 0 saturated carbocycles. The average molecular weight is 487 g/mol. The molecule has 1 fully saturated rings. The van der Waals surface area contributed by atoms with E-state index in [1.54, 1.807) is 24.6 Å². The number of pyridine rings is 1. The maximum Gasteiger partial charge on any atom is 0.308 e. The maximum absolute atomic E-state index is 12.0. The van der Waals surface area contributed by atoms with Crippen LogP contribution in [0.1, 0.15) is 30.9 Å². The lowest BCUT2D eigenvalue weighted by Gasteiger charge is -2.36. The number of carboxylic acids is 1. The largest absolute Gasteiger partial charge is 0.497 e. The topological polar surface area (TPSA) is 82.9 Å². The van der Waals surface area contributed by atoms with Crippen molar-refractivity contribution in [3.8, 4) is 5.75 Å². The number of hydrogen-bond donors (Lipinski definition) is 2. The zero-order chi connectivity index (χ0) is 23.2. The number of benzene rings is 1. The summed E-state index contributed by atoms with van der Waals surface area (Å²) in [6.45, 7) is 2.38. The Morgan fingerprint density at radius 3 is 3.00 bits per heavy atom. The highest BCUT2D eigenvalue weighted by Gasteiger charge is 2.34. The van der Waals surface area contributed by atoms with Crippen LogP contribution in [0.5, 0.6) is 5.75 Å². The van der Waals surface area contributed by atoms with Gasteiger partial charge in [-0.3, -0.25) is 9.78 Å². The summed E-state index contributed by atoms with van der Waals surface area (Å²) in [7, 11) is 1.62. The predicted molar refractivity (Wildman–Crippen MR) is 133 cm³/mol. The monoisotopic (exact) mass is 486 g/mol. The summed E-state index contributed by atoms with van der Waals surface area (Å²) in [4.78, 5) is 18.7. The number of carboxylic acid groups (broad SMARTS) is 1. The molecule has 2 N–H and O–H groups in total. The molecule has 33 heavy (non-hydrogen) atoms. The van der Waals surface area contributed by atoms with E-state index in [4.69, 9.17) is 4.74 Å². The normalized spacial score (nSPS) is 20.1. The molecule has 0 amide bonds. The zero-order valence-corrected chi connectivity index (χ0v) is 20.4. The van der Waals surface area contributed by atoms with Gasteiger partial charge in [0, 0.05) is 30.4 Å². The summed E-state index contributed by atoms with van der Waals surface area (Å²) in [5.74, 6) is 0.631. The van der Waals surface area contributed by atoms with E-state index in [1.807, 2.05) is 36.0 Å². The molecule has 1 aromatic carbocycles. The number of aliphatic hydroxyl groups excluding tert-OH is 1. The van der Waals surface area contributed by atoms with Crippen molar-refractivity contribution in [1.29, 1.82) is 0 Å². The molecule has 1 saturated heterocycles. The van der Waals surface area contributed by atoms with E-state index >= 15 is 0 Å². The fourth-order valence-electron chi connectivity index (χ4n) is 4.61. The number of rotatable bonds is 10. The Balaban J connectivity index is 1.34.